The number of aromatic nitrogens is 3. The van der Waals surface area contributed by atoms with Gasteiger partial charge in [-0.1, -0.05) is 17.7 Å². The predicted octanol–water partition coefficient (Wildman–Crippen LogP) is 4.35. The van der Waals surface area contributed by atoms with E-state index in [1.807, 2.05) is 5.38 Å². The average Bonchev–Trinajstić information content (AvgIpc) is 3.34. The molecular weight excluding hydrogens is 408 g/mol. The van der Waals surface area contributed by atoms with Gasteiger partial charge in [-0.2, -0.15) is 9.78 Å². The van der Waals surface area contributed by atoms with E-state index in [4.69, 9.17) is 16.0 Å². The molecule has 3 heterocycles. The third kappa shape index (κ3) is 3.61. The van der Waals surface area contributed by atoms with Crippen molar-refractivity contribution < 1.29 is 12.8 Å². The van der Waals surface area contributed by atoms with Gasteiger partial charge < -0.3 is 4.42 Å². The van der Waals surface area contributed by atoms with Gasteiger partial charge in [0.1, 0.15) is 11.5 Å². The van der Waals surface area contributed by atoms with Gasteiger partial charge in [-0.15, -0.1) is 11.3 Å². The molecule has 0 bridgehead atoms. The van der Waals surface area contributed by atoms with E-state index < -0.39 is 10.0 Å². The summed E-state index contributed by atoms with van der Waals surface area (Å²) in [5.41, 5.74) is 1.30. The lowest BCUT2D eigenvalue weighted by molar-refractivity contribution is 0.580. The van der Waals surface area contributed by atoms with Crippen molar-refractivity contribution in [3.05, 3.63) is 64.8 Å². The largest absolute Gasteiger partial charge is 0.463 e. The van der Waals surface area contributed by atoms with Crippen LogP contribution in [0.15, 0.2) is 63.4 Å². The molecule has 0 aliphatic heterocycles. The highest BCUT2D eigenvalue weighted by atomic mass is 35.5. The van der Waals surface area contributed by atoms with Crippen molar-refractivity contribution in [3.8, 4) is 16.6 Å². The first kappa shape index (κ1) is 17.8. The summed E-state index contributed by atoms with van der Waals surface area (Å²) >= 11 is 7.24. The average molecular weight is 421 g/mol. The Morgan fingerprint density at radius 2 is 2.07 bits per heavy atom. The van der Waals surface area contributed by atoms with Crippen LogP contribution in [0.5, 0.6) is 0 Å². The number of aryl methyl sites for hydroxylation is 1. The van der Waals surface area contributed by atoms with Gasteiger partial charge in [-0.05, 0) is 37.3 Å². The van der Waals surface area contributed by atoms with E-state index in [0.717, 1.165) is 0 Å². The summed E-state index contributed by atoms with van der Waals surface area (Å²) in [6.07, 6.45) is 1.57. The highest BCUT2D eigenvalue weighted by Crippen LogP contribution is 2.27. The molecule has 0 saturated heterocycles. The quantitative estimate of drug-likeness (QED) is 0.518. The van der Waals surface area contributed by atoms with Gasteiger partial charge in [-0.3, -0.25) is 4.72 Å². The lowest BCUT2D eigenvalue weighted by Crippen LogP contribution is -2.15. The van der Waals surface area contributed by atoms with Crippen molar-refractivity contribution in [3.63, 3.8) is 0 Å². The molecule has 3 aromatic heterocycles. The van der Waals surface area contributed by atoms with Crippen LogP contribution in [0.3, 0.4) is 0 Å². The molecule has 0 saturated carbocycles. The Morgan fingerprint density at radius 3 is 2.81 bits per heavy atom. The number of hydrogen-bond acceptors (Lipinski definition) is 6. The number of halogens is 1. The molecular formula is C17H13ClN4O3S2. The van der Waals surface area contributed by atoms with Gasteiger partial charge in [0.15, 0.2) is 5.76 Å². The normalized spacial score (nSPS) is 11.6. The van der Waals surface area contributed by atoms with Crippen LogP contribution in [-0.4, -0.2) is 23.2 Å². The summed E-state index contributed by atoms with van der Waals surface area (Å²) in [5.74, 6) is 0.912. The van der Waals surface area contributed by atoms with Gasteiger partial charge >= 0.3 is 0 Å². The van der Waals surface area contributed by atoms with Crippen LogP contribution in [0.25, 0.3) is 16.6 Å². The Balaban J connectivity index is 1.70. The van der Waals surface area contributed by atoms with Gasteiger partial charge in [0.25, 0.3) is 10.0 Å². The van der Waals surface area contributed by atoms with Crippen LogP contribution >= 0.6 is 22.9 Å². The summed E-state index contributed by atoms with van der Waals surface area (Å²) in [7, 11) is -3.83. The molecule has 0 atom stereocenters. The fraction of sp³-hybridized carbons (Fsp3) is 0.0588. The van der Waals surface area contributed by atoms with E-state index in [-0.39, 0.29) is 10.7 Å². The second-order valence-corrected chi connectivity index (χ2v) is 8.59. The summed E-state index contributed by atoms with van der Waals surface area (Å²) in [4.78, 5) is 4.55. The van der Waals surface area contributed by atoms with Crippen LogP contribution < -0.4 is 4.72 Å². The number of anilines is 1. The van der Waals surface area contributed by atoms with E-state index in [1.54, 1.807) is 43.5 Å². The maximum Gasteiger partial charge on any atom is 0.263 e. The first-order valence-corrected chi connectivity index (χ1v) is 10.5. The first-order chi connectivity index (χ1) is 12.9. The SMILES string of the molecule is Cc1cc(NS(=O)(=O)c2cccc(Cl)c2)n(-c2nc(-c3ccco3)cs2)n1. The molecule has 1 aromatic carbocycles. The summed E-state index contributed by atoms with van der Waals surface area (Å²) in [5, 5.41) is 7.02. The van der Waals surface area contributed by atoms with Crippen molar-refractivity contribution in [1.29, 1.82) is 0 Å². The zero-order valence-electron chi connectivity index (χ0n) is 14.0. The topological polar surface area (TPSA) is 90.0 Å². The third-order valence-corrected chi connectivity index (χ3v) is 6.03. The van der Waals surface area contributed by atoms with Crippen LogP contribution in [0.4, 0.5) is 5.82 Å². The van der Waals surface area contributed by atoms with Gasteiger partial charge in [-0.25, -0.2) is 13.4 Å². The second-order valence-electron chi connectivity index (χ2n) is 5.64. The Kier molecular flexibility index (Phi) is 4.50. The van der Waals surface area contributed by atoms with Gasteiger partial charge in [0.05, 0.1) is 16.9 Å². The smallest absolute Gasteiger partial charge is 0.263 e. The van der Waals surface area contributed by atoms with E-state index in [0.29, 0.717) is 27.3 Å². The van der Waals surface area contributed by atoms with Gasteiger partial charge in [0.2, 0.25) is 5.13 Å². The molecule has 0 spiro atoms. The maximum atomic E-state index is 12.7. The molecule has 0 unspecified atom stereocenters. The molecule has 138 valence electrons. The molecule has 4 aromatic rings. The number of rotatable bonds is 5. The third-order valence-electron chi connectivity index (χ3n) is 3.62. The number of thiazole rings is 1. The Morgan fingerprint density at radius 1 is 1.22 bits per heavy atom. The maximum absolute atomic E-state index is 12.7. The highest BCUT2D eigenvalue weighted by molar-refractivity contribution is 7.92. The molecule has 0 aliphatic carbocycles. The lowest BCUT2D eigenvalue weighted by atomic mass is 10.4. The first-order valence-electron chi connectivity index (χ1n) is 7.77. The Bertz CT molecular complexity index is 1200. The minimum absolute atomic E-state index is 0.0656. The molecule has 10 heteroatoms. The zero-order chi connectivity index (χ0) is 19.0. The Labute approximate surface area is 164 Å². The highest BCUT2D eigenvalue weighted by Gasteiger charge is 2.20. The molecule has 0 fully saturated rings. The number of nitrogens with zero attached hydrogens (tertiary/aromatic N) is 3. The number of sulfonamides is 1. The second kappa shape index (κ2) is 6.84. The van der Waals surface area contributed by atoms with E-state index in [9.17, 15) is 8.42 Å². The molecule has 0 radical (unpaired) electrons. The molecule has 0 amide bonds. The fourth-order valence-electron chi connectivity index (χ4n) is 2.45. The summed E-state index contributed by atoms with van der Waals surface area (Å²) in [6.45, 7) is 1.77. The monoisotopic (exact) mass is 420 g/mol. The predicted molar refractivity (Wildman–Crippen MR) is 104 cm³/mol. The number of hydrogen-bond donors (Lipinski definition) is 1. The van der Waals surface area contributed by atoms with Crippen LogP contribution in [0, 0.1) is 6.92 Å². The molecule has 4 rings (SSSR count). The van der Waals surface area contributed by atoms with Crippen molar-refractivity contribution >= 4 is 38.8 Å². The number of furan rings is 1. The summed E-state index contributed by atoms with van der Waals surface area (Å²) in [6, 6.07) is 11.3. The number of benzene rings is 1. The molecule has 0 aliphatic rings. The molecule has 27 heavy (non-hydrogen) atoms. The lowest BCUT2D eigenvalue weighted by Gasteiger charge is -2.09. The Hall–Kier alpha value is -2.62. The van der Waals surface area contributed by atoms with Crippen molar-refractivity contribution in [2.75, 3.05) is 4.72 Å². The van der Waals surface area contributed by atoms with E-state index in [2.05, 4.69) is 14.8 Å². The van der Waals surface area contributed by atoms with E-state index in [1.165, 1.54) is 28.2 Å². The van der Waals surface area contributed by atoms with Crippen LogP contribution in [0.1, 0.15) is 5.69 Å². The van der Waals surface area contributed by atoms with E-state index >= 15 is 0 Å². The molecule has 7 nitrogen and oxygen atoms in total. The summed E-state index contributed by atoms with van der Waals surface area (Å²) < 4.78 is 34.7. The standard InChI is InChI=1S/C17H13ClN4O3S2/c1-11-8-16(21-27(23,24)13-5-2-4-12(18)9-13)22(20-11)17-19-14(10-26-17)15-6-3-7-25-15/h2-10,21H,1H3. The van der Waals surface area contributed by atoms with Crippen molar-refractivity contribution in [2.45, 2.75) is 11.8 Å². The zero-order valence-corrected chi connectivity index (χ0v) is 16.3. The minimum Gasteiger partial charge on any atom is -0.463 e. The van der Waals surface area contributed by atoms with Crippen molar-refractivity contribution in [1.82, 2.24) is 14.8 Å². The van der Waals surface area contributed by atoms with Crippen LogP contribution in [-0.2, 0) is 10.0 Å². The number of nitrogens with one attached hydrogen (secondary N) is 1. The van der Waals surface area contributed by atoms with Gasteiger partial charge in [0, 0.05) is 16.5 Å². The van der Waals surface area contributed by atoms with Crippen LogP contribution in [0.2, 0.25) is 5.02 Å². The van der Waals surface area contributed by atoms with Crippen molar-refractivity contribution in [2.24, 2.45) is 0 Å². The minimum atomic E-state index is -3.83. The fourth-order valence-corrected chi connectivity index (χ4v) is 4.56. The molecule has 1 N–H and O–H groups in total.